The predicted octanol–water partition coefficient (Wildman–Crippen LogP) is 2.41. The van der Waals surface area contributed by atoms with Crippen molar-refractivity contribution < 1.29 is 18.7 Å². The maximum absolute atomic E-state index is 12.7. The third-order valence-corrected chi connectivity index (χ3v) is 4.68. The molecule has 0 radical (unpaired) electrons. The third kappa shape index (κ3) is 2.79. The smallest absolute Gasteiger partial charge is 0.266 e. The molecule has 3 rings (SSSR count). The van der Waals surface area contributed by atoms with E-state index in [1.165, 1.54) is 0 Å². The van der Waals surface area contributed by atoms with Crippen molar-refractivity contribution >= 4 is 5.91 Å². The largest absolute Gasteiger partial charge is 0.384 e. The molecule has 0 bridgehead atoms. The Morgan fingerprint density at radius 2 is 1.86 bits per heavy atom. The average molecular weight is 295 g/mol. The third-order valence-electron chi connectivity index (χ3n) is 4.68. The van der Waals surface area contributed by atoms with E-state index in [1.54, 1.807) is 4.90 Å². The van der Waals surface area contributed by atoms with Gasteiger partial charge in [0.05, 0.1) is 0 Å². The Bertz CT molecular complexity index is 512. The summed E-state index contributed by atoms with van der Waals surface area (Å²) >= 11 is 0. The summed E-state index contributed by atoms with van der Waals surface area (Å²) in [6.45, 7) is 0.440. The van der Waals surface area contributed by atoms with Gasteiger partial charge in [-0.3, -0.25) is 4.79 Å². The van der Waals surface area contributed by atoms with E-state index in [0.717, 1.165) is 12.0 Å². The molecule has 1 amide bonds. The van der Waals surface area contributed by atoms with E-state index < -0.39 is 12.0 Å². The molecule has 2 aliphatic rings. The van der Waals surface area contributed by atoms with Gasteiger partial charge >= 0.3 is 0 Å². The van der Waals surface area contributed by atoms with Gasteiger partial charge in [0.1, 0.15) is 5.60 Å². The van der Waals surface area contributed by atoms with Crippen molar-refractivity contribution in [3.05, 3.63) is 35.9 Å². The van der Waals surface area contributed by atoms with Gasteiger partial charge in [-0.15, -0.1) is 0 Å². The number of hydrogen-bond acceptors (Lipinski definition) is 2. The van der Waals surface area contributed by atoms with Gasteiger partial charge in [-0.1, -0.05) is 30.3 Å². The van der Waals surface area contributed by atoms with Crippen molar-refractivity contribution in [1.29, 1.82) is 0 Å². The van der Waals surface area contributed by atoms with Crippen LogP contribution >= 0.6 is 0 Å². The van der Waals surface area contributed by atoms with Crippen LogP contribution in [-0.4, -0.2) is 41.0 Å². The quantitative estimate of drug-likeness (QED) is 0.930. The number of rotatable bonds is 3. The van der Waals surface area contributed by atoms with Crippen molar-refractivity contribution in [1.82, 2.24) is 4.90 Å². The average Bonchev–Trinajstić information content (AvgIpc) is 3.28. The highest BCUT2D eigenvalue weighted by Gasteiger charge is 2.48. The van der Waals surface area contributed by atoms with Gasteiger partial charge in [0.2, 0.25) is 5.91 Å². The van der Waals surface area contributed by atoms with Crippen molar-refractivity contribution in [3.63, 3.8) is 0 Å². The molecule has 3 nitrogen and oxygen atoms in total. The summed E-state index contributed by atoms with van der Waals surface area (Å²) in [5, 5.41) is 9.74. The number of carbonyl (C=O) groups is 1. The number of nitrogens with zero attached hydrogens (tertiary/aromatic N) is 1. The van der Waals surface area contributed by atoms with Gasteiger partial charge in [-0.2, -0.15) is 0 Å². The summed E-state index contributed by atoms with van der Waals surface area (Å²) in [5.41, 5.74) is -0.754. The molecule has 1 aromatic carbocycles. The molecule has 21 heavy (non-hydrogen) atoms. The molecule has 1 aliphatic heterocycles. The van der Waals surface area contributed by atoms with Gasteiger partial charge in [0, 0.05) is 19.0 Å². The zero-order valence-corrected chi connectivity index (χ0v) is 11.7. The minimum absolute atomic E-state index is 0.0230. The fourth-order valence-corrected chi connectivity index (χ4v) is 3.10. The predicted molar refractivity (Wildman–Crippen MR) is 74.1 cm³/mol. The second-order valence-corrected chi connectivity index (χ2v) is 6.09. The highest BCUT2D eigenvalue weighted by Crippen LogP contribution is 2.48. The first-order valence-electron chi connectivity index (χ1n) is 7.35. The van der Waals surface area contributed by atoms with Crippen LogP contribution in [0.15, 0.2) is 30.3 Å². The van der Waals surface area contributed by atoms with Gasteiger partial charge in [0.15, 0.2) is 0 Å². The molecule has 1 aliphatic carbocycles. The number of carbonyl (C=O) groups excluding carboxylic acids is 1. The molecular formula is C16H19F2NO2. The summed E-state index contributed by atoms with van der Waals surface area (Å²) in [7, 11) is 0. The second-order valence-electron chi connectivity index (χ2n) is 6.09. The summed E-state index contributed by atoms with van der Waals surface area (Å²) in [4.78, 5) is 14.0. The molecule has 2 fully saturated rings. The van der Waals surface area contributed by atoms with Crippen molar-refractivity contribution in [3.8, 4) is 0 Å². The molecule has 5 heteroatoms. The van der Waals surface area contributed by atoms with E-state index in [-0.39, 0.29) is 43.7 Å². The highest BCUT2D eigenvalue weighted by atomic mass is 19.3. The van der Waals surface area contributed by atoms with Crippen LogP contribution in [0.2, 0.25) is 0 Å². The SMILES string of the molecule is O=C([C@H]1C[C@@H]1c1ccccc1)N1CCC(O)(C(F)F)CC1. The zero-order chi connectivity index (χ0) is 15.0. The van der Waals surface area contributed by atoms with Crippen molar-refractivity contribution in [2.24, 2.45) is 5.92 Å². The van der Waals surface area contributed by atoms with E-state index in [4.69, 9.17) is 0 Å². The number of benzene rings is 1. The van der Waals surface area contributed by atoms with Crippen LogP contribution in [0.5, 0.6) is 0 Å². The number of aliphatic hydroxyl groups is 1. The van der Waals surface area contributed by atoms with E-state index in [0.29, 0.717) is 0 Å². The summed E-state index contributed by atoms with van der Waals surface area (Å²) < 4.78 is 25.5. The number of halogens is 2. The first kappa shape index (κ1) is 14.4. The Labute approximate surface area is 122 Å². The van der Waals surface area contributed by atoms with Crippen LogP contribution in [-0.2, 0) is 4.79 Å². The van der Waals surface area contributed by atoms with E-state index >= 15 is 0 Å². The molecule has 2 atom stereocenters. The molecule has 0 unspecified atom stereocenters. The minimum Gasteiger partial charge on any atom is -0.384 e. The number of hydrogen-bond donors (Lipinski definition) is 1. The fraction of sp³-hybridized carbons (Fsp3) is 0.562. The summed E-state index contributed by atoms with van der Waals surface area (Å²) in [5.74, 6) is 0.278. The van der Waals surface area contributed by atoms with Crippen LogP contribution in [0.1, 0.15) is 30.7 Å². The number of likely N-dealkylation sites (tertiary alicyclic amines) is 1. The monoisotopic (exact) mass is 295 g/mol. The molecule has 0 spiro atoms. The lowest BCUT2D eigenvalue weighted by atomic mass is 9.91. The fourth-order valence-electron chi connectivity index (χ4n) is 3.10. The zero-order valence-electron chi connectivity index (χ0n) is 11.7. The first-order chi connectivity index (χ1) is 10.0. The Morgan fingerprint density at radius 1 is 1.24 bits per heavy atom. The molecule has 1 N–H and O–H groups in total. The molecule has 0 aromatic heterocycles. The maximum Gasteiger partial charge on any atom is 0.266 e. The Balaban J connectivity index is 1.57. The topological polar surface area (TPSA) is 40.5 Å². The normalized spacial score (nSPS) is 27.7. The van der Waals surface area contributed by atoms with Gasteiger partial charge < -0.3 is 10.0 Å². The van der Waals surface area contributed by atoms with Gasteiger partial charge in [-0.25, -0.2) is 8.78 Å². The Morgan fingerprint density at radius 3 is 2.43 bits per heavy atom. The highest BCUT2D eigenvalue weighted by molar-refractivity contribution is 5.83. The molecule has 1 heterocycles. The van der Waals surface area contributed by atoms with Crippen LogP contribution in [0.25, 0.3) is 0 Å². The number of amides is 1. The Hall–Kier alpha value is -1.49. The van der Waals surface area contributed by atoms with Crippen molar-refractivity contribution in [2.45, 2.75) is 37.2 Å². The molecule has 1 aromatic rings. The van der Waals surface area contributed by atoms with Crippen LogP contribution in [0, 0.1) is 5.92 Å². The first-order valence-corrected chi connectivity index (χ1v) is 7.35. The van der Waals surface area contributed by atoms with Crippen LogP contribution in [0.4, 0.5) is 8.78 Å². The maximum atomic E-state index is 12.7. The standard InChI is InChI=1S/C16H19F2NO2/c17-15(18)16(21)6-8-19(9-7-16)14(20)13-10-12(13)11-4-2-1-3-5-11/h1-5,12-13,15,21H,6-10H2/t12-,13+/m1/s1. The van der Waals surface area contributed by atoms with Crippen molar-refractivity contribution in [2.75, 3.05) is 13.1 Å². The van der Waals surface area contributed by atoms with Gasteiger partial charge in [0.25, 0.3) is 6.43 Å². The lowest BCUT2D eigenvalue weighted by Crippen LogP contribution is -2.50. The summed E-state index contributed by atoms with van der Waals surface area (Å²) in [6.07, 6.45) is -2.00. The summed E-state index contributed by atoms with van der Waals surface area (Å²) in [6, 6.07) is 9.89. The number of piperidine rings is 1. The number of alkyl halides is 2. The lowest BCUT2D eigenvalue weighted by molar-refractivity contribution is -0.148. The molecule has 1 saturated carbocycles. The minimum atomic E-state index is -2.74. The van der Waals surface area contributed by atoms with Gasteiger partial charge in [-0.05, 0) is 30.7 Å². The second kappa shape index (κ2) is 5.37. The van der Waals surface area contributed by atoms with Crippen LogP contribution < -0.4 is 0 Å². The molecular weight excluding hydrogens is 276 g/mol. The lowest BCUT2D eigenvalue weighted by Gasteiger charge is -2.37. The van der Waals surface area contributed by atoms with E-state index in [2.05, 4.69) is 0 Å². The molecule has 114 valence electrons. The van der Waals surface area contributed by atoms with E-state index in [1.807, 2.05) is 30.3 Å². The Kier molecular flexibility index (Phi) is 3.69. The molecule has 1 saturated heterocycles. The van der Waals surface area contributed by atoms with E-state index in [9.17, 15) is 18.7 Å². The van der Waals surface area contributed by atoms with Crippen LogP contribution in [0.3, 0.4) is 0 Å².